The highest BCUT2D eigenvalue weighted by Gasteiger charge is 2.21. The Morgan fingerprint density at radius 3 is 2.33 bits per heavy atom. The molecule has 0 amide bonds. The normalized spacial score (nSPS) is 11.4. The molecule has 138 valence electrons. The number of carbonyl (C=O) groups excluding carboxylic acids is 1. The fourth-order valence-electron chi connectivity index (χ4n) is 3.03. The summed E-state index contributed by atoms with van der Waals surface area (Å²) in [6.45, 7) is 1.97. The first-order valence-electron chi connectivity index (χ1n) is 8.37. The van der Waals surface area contributed by atoms with E-state index in [1.54, 1.807) is 0 Å². The Bertz CT molecular complexity index is 1110. The average molecular weight is 400 g/mol. The monoisotopic (exact) mass is 399 g/mol. The van der Waals surface area contributed by atoms with Gasteiger partial charge in [-0.2, -0.15) is 0 Å². The van der Waals surface area contributed by atoms with Crippen molar-refractivity contribution >= 4 is 27.4 Å². The summed E-state index contributed by atoms with van der Waals surface area (Å²) in [6, 6.07) is 19.4. The maximum absolute atomic E-state index is 13.3. The van der Waals surface area contributed by atoms with Crippen LogP contribution in [0.1, 0.15) is 28.4 Å². The van der Waals surface area contributed by atoms with Crippen molar-refractivity contribution in [3.8, 4) is 11.1 Å². The summed E-state index contributed by atoms with van der Waals surface area (Å²) < 4.78 is 23.5. The van der Waals surface area contributed by atoms with Gasteiger partial charge < -0.3 is 0 Å². The van der Waals surface area contributed by atoms with Gasteiger partial charge in [-0.25, -0.2) is 13.6 Å². The van der Waals surface area contributed by atoms with Gasteiger partial charge in [0.05, 0.1) is 5.02 Å². The molecule has 4 nitrogen and oxygen atoms in total. The highest BCUT2D eigenvalue weighted by Crippen LogP contribution is 2.30. The summed E-state index contributed by atoms with van der Waals surface area (Å²) in [7, 11) is -4.03. The molecule has 6 heteroatoms. The van der Waals surface area contributed by atoms with Crippen LogP contribution in [0.4, 0.5) is 0 Å². The van der Waals surface area contributed by atoms with Crippen LogP contribution in [0.25, 0.3) is 11.1 Å². The Labute approximate surface area is 163 Å². The number of rotatable bonds is 5. The third-order valence-electron chi connectivity index (χ3n) is 4.34. The number of aryl methyl sites for hydroxylation is 1. The predicted molar refractivity (Wildman–Crippen MR) is 108 cm³/mol. The highest BCUT2D eigenvalue weighted by molar-refractivity contribution is 7.89. The van der Waals surface area contributed by atoms with E-state index in [-0.39, 0.29) is 21.3 Å². The molecule has 3 aromatic carbocycles. The van der Waals surface area contributed by atoms with E-state index in [4.69, 9.17) is 16.7 Å². The molecule has 3 rings (SSSR count). The van der Waals surface area contributed by atoms with Crippen LogP contribution in [0.5, 0.6) is 0 Å². The Hall–Kier alpha value is -2.47. The van der Waals surface area contributed by atoms with E-state index in [1.165, 1.54) is 18.2 Å². The molecule has 27 heavy (non-hydrogen) atoms. The first-order valence-corrected chi connectivity index (χ1v) is 10.3. The molecule has 0 saturated carbocycles. The summed E-state index contributed by atoms with van der Waals surface area (Å²) in [5, 5.41) is 5.21. The topological polar surface area (TPSA) is 77.2 Å². The first-order chi connectivity index (χ1) is 12.8. The molecular formula is C21H18ClNO3S. The largest absolute Gasteiger partial charge is 0.289 e. The molecule has 0 spiro atoms. The van der Waals surface area contributed by atoms with Crippen LogP contribution >= 0.6 is 11.6 Å². The third kappa shape index (κ3) is 3.95. The van der Waals surface area contributed by atoms with Crippen molar-refractivity contribution in [2.24, 2.45) is 5.14 Å². The summed E-state index contributed by atoms with van der Waals surface area (Å²) >= 11 is 5.95. The van der Waals surface area contributed by atoms with E-state index in [1.807, 2.05) is 55.5 Å². The van der Waals surface area contributed by atoms with Crippen LogP contribution in [-0.4, -0.2) is 14.2 Å². The number of hydrogen-bond acceptors (Lipinski definition) is 3. The SMILES string of the molecule is CCc1cccc(-c2ccccc2)c1C(=O)c1ccc(Cl)c(S(N)(=O)=O)c1. The second-order valence-corrected chi connectivity index (χ2v) is 8.02. The molecule has 0 aliphatic carbocycles. The first kappa shape index (κ1) is 19.3. The van der Waals surface area contributed by atoms with Crippen LogP contribution in [0.3, 0.4) is 0 Å². The zero-order valence-electron chi connectivity index (χ0n) is 14.6. The molecule has 0 atom stereocenters. The molecule has 0 bridgehead atoms. The van der Waals surface area contributed by atoms with Crippen LogP contribution < -0.4 is 5.14 Å². The molecule has 0 radical (unpaired) electrons. The fraction of sp³-hybridized carbons (Fsp3) is 0.0952. The van der Waals surface area contributed by atoms with Crippen molar-refractivity contribution in [3.63, 3.8) is 0 Å². The average Bonchev–Trinajstić information content (AvgIpc) is 2.67. The number of benzene rings is 3. The Kier molecular flexibility index (Phi) is 5.46. The lowest BCUT2D eigenvalue weighted by molar-refractivity contribution is 0.103. The smallest absolute Gasteiger partial charge is 0.239 e. The van der Waals surface area contributed by atoms with E-state index in [9.17, 15) is 13.2 Å². The summed E-state index contributed by atoms with van der Waals surface area (Å²) in [5.41, 5.74) is 3.37. The van der Waals surface area contributed by atoms with Gasteiger partial charge in [0.1, 0.15) is 4.90 Å². The lowest BCUT2D eigenvalue weighted by Gasteiger charge is -2.14. The maximum atomic E-state index is 13.3. The van der Waals surface area contributed by atoms with Crippen molar-refractivity contribution in [3.05, 3.63) is 88.4 Å². The second-order valence-electron chi connectivity index (χ2n) is 6.08. The summed E-state index contributed by atoms with van der Waals surface area (Å²) in [4.78, 5) is 13.1. The van der Waals surface area contributed by atoms with Gasteiger partial charge in [0.15, 0.2) is 5.78 Å². The van der Waals surface area contributed by atoms with Gasteiger partial charge >= 0.3 is 0 Å². The highest BCUT2D eigenvalue weighted by atomic mass is 35.5. The second kappa shape index (κ2) is 7.64. The molecule has 0 aliphatic heterocycles. The van der Waals surface area contributed by atoms with E-state index in [2.05, 4.69) is 0 Å². The number of ketones is 1. The molecule has 2 N–H and O–H groups in total. The van der Waals surface area contributed by atoms with E-state index >= 15 is 0 Å². The minimum absolute atomic E-state index is 0.0129. The van der Waals surface area contributed by atoms with Crippen LogP contribution in [-0.2, 0) is 16.4 Å². The van der Waals surface area contributed by atoms with Crippen molar-refractivity contribution < 1.29 is 13.2 Å². The molecule has 0 fully saturated rings. The molecule has 0 unspecified atom stereocenters. The van der Waals surface area contributed by atoms with Crippen molar-refractivity contribution in [1.82, 2.24) is 0 Å². The molecule has 3 aromatic rings. The van der Waals surface area contributed by atoms with Gasteiger partial charge in [-0.15, -0.1) is 0 Å². The van der Waals surface area contributed by atoms with Gasteiger partial charge in [-0.1, -0.05) is 67.1 Å². The fourth-order valence-corrected chi connectivity index (χ4v) is 4.10. The van der Waals surface area contributed by atoms with E-state index in [0.717, 1.165) is 16.7 Å². The number of carbonyl (C=O) groups is 1. The maximum Gasteiger partial charge on any atom is 0.239 e. The molecule has 0 aliphatic rings. The van der Waals surface area contributed by atoms with Gasteiger partial charge in [-0.3, -0.25) is 4.79 Å². The molecule has 0 heterocycles. The van der Waals surface area contributed by atoms with Gasteiger partial charge in [0.25, 0.3) is 0 Å². The van der Waals surface area contributed by atoms with Crippen molar-refractivity contribution in [2.45, 2.75) is 18.2 Å². The number of primary sulfonamides is 1. The van der Waals surface area contributed by atoms with E-state index < -0.39 is 10.0 Å². The Balaban J connectivity index is 2.21. The van der Waals surface area contributed by atoms with Crippen LogP contribution in [0.2, 0.25) is 5.02 Å². The van der Waals surface area contributed by atoms with Gasteiger partial charge in [0, 0.05) is 11.1 Å². The predicted octanol–water partition coefficient (Wildman–Crippen LogP) is 4.45. The van der Waals surface area contributed by atoms with Crippen LogP contribution in [0.15, 0.2) is 71.6 Å². The number of halogens is 1. The Morgan fingerprint density at radius 2 is 1.70 bits per heavy atom. The van der Waals surface area contributed by atoms with Gasteiger partial charge in [-0.05, 0) is 41.3 Å². The standard InChI is InChI=1S/C21H18ClNO3S/c1-2-14-9-6-10-17(15-7-4-3-5-8-15)20(14)21(24)16-11-12-18(22)19(13-16)27(23,25)26/h3-13H,2H2,1H3,(H2,23,25,26). The van der Waals surface area contributed by atoms with E-state index in [0.29, 0.717) is 12.0 Å². The quantitative estimate of drug-likeness (QED) is 0.644. The minimum atomic E-state index is -4.03. The third-order valence-corrected chi connectivity index (χ3v) is 5.74. The zero-order valence-corrected chi connectivity index (χ0v) is 16.2. The molecule has 0 saturated heterocycles. The minimum Gasteiger partial charge on any atom is -0.289 e. The molecule has 0 aromatic heterocycles. The molecular weight excluding hydrogens is 382 g/mol. The summed E-state index contributed by atoms with van der Waals surface area (Å²) in [5.74, 6) is -0.270. The summed E-state index contributed by atoms with van der Waals surface area (Å²) in [6.07, 6.45) is 0.664. The van der Waals surface area contributed by atoms with Crippen molar-refractivity contribution in [1.29, 1.82) is 0 Å². The lowest BCUT2D eigenvalue weighted by atomic mass is 9.89. The van der Waals surface area contributed by atoms with Gasteiger partial charge in [0.2, 0.25) is 10.0 Å². The zero-order chi connectivity index (χ0) is 19.6. The Morgan fingerprint density at radius 1 is 1.00 bits per heavy atom. The lowest BCUT2D eigenvalue weighted by Crippen LogP contribution is -2.14. The van der Waals surface area contributed by atoms with Crippen LogP contribution in [0, 0.1) is 0 Å². The van der Waals surface area contributed by atoms with Crippen molar-refractivity contribution in [2.75, 3.05) is 0 Å². The number of sulfonamides is 1. The number of nitrogens with two attached hydrogens (primary N) is 1. The number of hydrogen-bond donors (Lipinski definition) is 1.